The lowest BCUT2D eigenvalue weighted by molar-refractivity contribution is 0.155. The normalized spacial score (nSPS) is 12.0. The van der Waals surface area contributed by atoms with Crippen LogP contribution in [0.2, 0.25) is 0 Å². The number of rotatable bonds is 18. The van der Waals surface area contributed by atoms with E-state index in [1.165, 1.54) is 12.7 Å². The predicted molar refractivity (Wildman–Crippen MR) is 278 cm³/mol. The molecule has 0 spiro atoms. The third-order valence-corrected chi connectivity index (χ3v) is 12.1. The van der Waals surface area contributed by atoms with E-state index in [0.717, 1.165) is 79.0 Å². The molecular formula is C52H56N16O6. The van der Waals surface area contributed by atoms with Crippen LogP contribution in [0.4, 0.5) is 22.7 Å². The van der Waals surface area contributed by atoms with Crippen LogP contribution in [0.25, 0.3) is 44.6 Å². The van der Waals surface area contributed by atoms with Crippen molar-refractivity contribution in [2.45, 2.75) is 39.1 Å². The number of fused-ring (bicyclic) bond motifs is 2. The van der Waals surface area contributed by atoms with Crippen LogP contribution in [0, 0.1) is 13.8 Å². The molecule has 22 heteroatoms. The van der Waals surface area contributed by atoms with Crippen LogP contribution < -0.4 is 28.7 Å². The van der Waals surface area contributed by atoms with Gasteiger partial charge in [-0.1, -0.05) is 0 Å². The lowest BCUT2D eigenvalue weighted by Crippen LogP contribution is -2.32. The SMILES string of the molecule is COc1cc(OC)cc(N(CC(O)Cn2ncnc2C)c2ccc3ncc(-c4cnn(C)c4)nc3c2)c1.COc1cc(OC)cc(N(CC(O)Cn2ncnc2C)c2ccc3ncc(-c4cnn(C)c4)nc3c2)c1. The van der Waals surface area contributed by atoms with Crippen LogP contribution in [0.5, 0.6) is 23.0 Å². The van der Waals surface area contributed by atoms with Gasteiger partial charge in [0.2, 0.25) is 0 Å². The Morgan fingerprint density at radius 2 is 0.865 bits per heavy atom. The van der Waals surface area contributed by atoms with Crippen LogP contribution in [0.1, 0.15) is 11.6 Å². The molecule has 0 saturated carbocycles. The molecule has 6 aromatic heterocycles. The average molecular weight is 1000 g/mol. The largest absolute Gasteiger partial charge is 0.497 e. The summed E-state index contributed by atoms with van der Waals surface area (Å²) in [6.45, 7) is 4.84. The summed E-state index contributed by atoms with van der Waals surface area (Å²) in [4.78, 5) is 31.2. The Hall–Kier alpha value is -9.02. The molecule has 0 aliphatic heterocycles. The number of aromatic nitrogens is 14. The summed E-state index contributed by atoms with van der Waals surface area (Å²) in [5.74, 6) is 4.02. The maximum Gasteiger partial charge on any atom is 0.138 e. The lowest BCUT2D eigenvalue weighted by atomic mass is 10.1. The Bertz CT molecular complexity index is 3240. The van der Waals surface area contributed by atoms with E-state index in [0.29, 0.717) is 36.1 Å². The average Bonchev–Trinajstić information content (AvgIpc) is 4.25. The zero-order chi connectivity index (χ0) is 51.9. The summed E-state index contributed by atoms with van der Waals surface area (Å²) in [5, 5.41) is 39.0. The molecule has 380 valence electrons. The highest BCUT2D eigenvalue weighted by Gasteiger charge is 2.22. The Morgan fingerprint density at radius 3 is 1.19 bits per heavy atom. The number of nitrogens with zero attached hydrogens (tertiary/aromatic N) is 16. The third-order valence-electron chi connectivity index (χ3n) is 12.1. The molecule has 0 saturated heterocycles. The topological polar surface area (TPSA) is 232 Å². The van der Waals surface area contributed by atoms with Gasteiger partial charge in [0.25, 0.3) is 0 Å². The highest BCUT2D eigenvalue weighted by molar-refractivity contribution is 5.84. The number of ether oxygens (including phenoxy) is 4. The van der Waals surface area contributed by atoms with Gasteiger partial charge < -0.3 is 39.0 Å². The lowest BCUT2D eigenvalue weighted by Gasteiger charge is -2.28. The fraction of sp³-hybridized carbons (Fsp3) is 0.269. The smallest absolute Gasteiger partial charge is 0.138 e. The van der Waals surface area contributed by atoms with Gasteiger partial charge in [-0.25, -0.2) is 29.3 Å². The molecule has 6 heterocycles. The Labute approximate surface area is 426 Å². The number of hydrogen-bond donors (Lipinski definition) is 2. The van der Waals surface area contributed by atoms with Crippen LogP contribution in [0.3, 0.4) is 0 Å². The molecule has 10 rings (SSSR count). The molecule has 0 fully saturated rings. The first-order chi connectivity index (χ1) is 35.9. The Balaban J connectivity index is 0.000000182. The maximum absolute atomic E-state index is 11.1. The van der Waals surface area contributed by atoms with E-state index in [4.69, 9.17) is 28.9 Å². The Kier molecular flexibility index (Phi) is 15.0. The van der Waals surface area contributed by atoms with E-state index in [9.17, 15) is 10.2 Å². The number of aliphatic hydroxyl groups is 2. The van der Waals surface area contributed by atoms with Gasteiger partial charge in [0.15, 0.2) is 0 Å². The molecule has 74 heavy (non-hydrogen) atoms. The van der Waals surface area contributed by atoms with E-state index >= 15 is 0 Å². The first-order valence-electron chi connectivity index (χ1n) is 23.4. The summed E-state index contributed by atoms with van der Waals surface area (Å²) in [5.41, 5.74) is 9.44. The van der Waals surface area contributed by atoms with E-state index in [1.54, 1.807) is 72.0 Å². The monoisotopic (exact) mass is 1000 g/mol. The molecule has 0 aliphatic carbocycles. The van der Waals surface area contributed by atoms with Crippen molar-refractivity contribution in [1.29, 1.82) is 0 Å². The maximum atomic E-state index is 11.1. The van der Waals surface area contributed by atoms with Crippen molar-refractivity contribution in [3.8, 4) is 45.5 Å². The summed E-state index contributed by atoms with van der Waals surface area (Å²) < 4.78 is 28.8. The quantitative estimate of drug-likeness (QED) is 0.0961. The van der Waals surface area contributed by atoms with Gasteiger partial charge in [0, 0.05) is 96.8 Å². The van der Waals surface area contributed by atoms with Gasteiger partial charge >= 0.3 is 0 Å². The number of anilines is 4. The van der Waals surface area contributed by atoms with Crippen molar-refractivity contribution >= 4 is 44.8 Å². The van der Waals surface area contributed by atoms with Crippen molar-refractivity contribution in [2.24, 2.45) is 14.1 Å². The molecule has 22 nitrogen and oxygen atoms in total. The third kappa shape index (κ3) is 11.5. The second kappa shape index (κ2) is 22.2. The number of methoxy groups -OCH3 is 4. The molecule has 2 unspecified atom stereocenters. The van der Waals surface area contributed by atoms with E-state index < -0.39 is 12.2 Å². The summed E-state index contributed by atoms with van der Waals surface area (Å²) in [7, 11) is 10.2. The van der Waals surface area contributed by atoms with Gasteiger partial charge in [0.1, 0.15) is 47.3 Å². The fourth-order valence-electron chi connectivity index (χ4n) is 8.28. The van der Waals surface area contributed by atoms with Gasteiger partial charge in [-0.3, -0.25) is 19.3 Å². The van der Waals surface area contributed by atoms with Gasteiger partial charge in [-0.2, -0.15) is 20.4 Å². The zero-order valence-electron chi connectivity index (χ0n) is 42.2. The number of benzene rings is 4. The highest BCUT2D eigenvalue weighted by atomic mass is 16.5. The minimum atomic E-state index is -0.749. The van der Waals surface area contributed by atoms with Crippen molar-refractivity contribution in [3.05, 3.63) is 134 Å². The van der Waals surface area contributed by atoms with E-state index in [-0.39, 0.29) is 13.1 Å². The second-order valence-electron chi connectivity index (χ2n) is 17.3. The number of hydrogen-bond acceptors (Lipinski definition) is 18. The van der Waals surface area contributed by atoms with Crippen LogP contribution in [-0.2, 0) is 27.2 Å². The van der Waals surface area contributed by atoms with Gasteiger partial charge in [0.05, 0.1) is 125 Å². The fourth-order valence-corrected chi connectivity index (χ4v) is 8.28. The number of aliphatic hydroxyl groups excluding tert-OH is 2. The minimum absolute atomic E-state index is 0.275. The summed E-state index contributed by atoms with van der Waals surface area (Å²) >= 11 is 0. The van der Waals surface area contributed by atoms with Crippen molar-refractivity contribution in [3.63, 3.8) is 0 Å². The second-order valence-corrected chi connectivity index (χ2v) is 17.3. The molecule has 4 aromatic carbocycles. The van der Waals surface area contributed by atoms with Crippen molar-refractivity contribution in [1.82, 2.24) is 69.0 Å². The van der Waals surface area contributed by atoms with E-state index in [2.05, 4.69) is 40.3 Å². The van der Waals surface area contributed by atoms with Crippen LogP contribution in [0.15, 0.2) is 123 Å². The van der Waals surface area contributed by atoms with Crippen LogP contribution >= 0.6 is 0 Å². The molecule has 10 aromatic rings. The molecule has 0 radical (unpaired) electrons. The first kappa shape index (κ1) is 49.9. The predicted octanol–water partition coefficient (Wildman–Crippen LogP) is 6.29. The molecule has 0 bridgehead atoms. The van der Waals surface area contributed by atoms with Gasteiger partial charge in [-0.15, -0.1) is 0 Å². The summed E-state index contributed by atoms with van der Waals surface area (Å²) in [6, 6.07) is 22.9. The summed E-state index contributed by atoms with van der Waals surface area (Å²) in [6.07, 6.45) is 12.3. The Morgan fingerprint density at radius 1 is 0.473 bits per heavy atom. The number of aryl methyl sites for hydroxylation is 4. The highest BCUT2D eigenvalue weighted by Crippen LogP contribution is 2.36. The zero-order valence-corrected chi connectivity index (χ0v) is 42.2. The van der Waals surface area contributed by atoms with Crippen LogP contribution in [-0.4, -0.2) is 133 Å². The molecule has 2 N–H and O–H groups in total. The van der Waals surface area contributed by atoms with Crippen molar-refractivity contribution in [2.75, 3.05) is 51.3 Å². The molecular weight excluding hydrogens is 945 g/mol. The molecule has 2 atom stereocenters. The van der Waals surface area contributed by atoms with E-state index in [1.807, 2.05) is 123 Å². The standard InChI is InChI=1S/2C26H28N8O3/c2*1-17-28-16-30-34(17)15-21(35)14-33(20-7-22(36-3)10-23(8-20)37-4)19-5-6-24-25(9-19)31-26(12-27-24)18-11-29-32(2)13-18/h2*5-13,16,21,35H,14-15H2,1-4H3. The van der Waals surface area contributed by atoms with Gasteiger partial charge in [-0.05, 0) is 50.2 Å². The van der Waals surface area contributed by atoms with Crippen molar-refractivity contribution < 1.29 is 29.2 Å². The molecule has 0 amide bonds. The first-order valence-corrected chi connectivity index (χ1v) is 23.4. The minimum Gasteiger partial charge on any atom is -0.497 e. The molecule has 0 aliphatic rings.